The van der Waals surface area contributed by atoms with Crippen molar-refractivity contribution < 1.29 is 23.8 Å². The van der Waals surface area contributed by atoms with Gasteiger partial charge in [-0.3, -0.25) is 4.79 Å². The zero-order chi connectivity index (χ0) is 17.6. The number of carbonyl (C=O) groups is 2. The second-order valence-corrected chi connectivity index (χ2v) is 5.17. The fourth-order valence-corrected chi connectivity index (χ4v) is 2.24. The molecule has 0 fully saturated rings. The number of amides is 1. The minimum Gasteiger partial charge on any atom is -0.486 e. The summed E-state index contributed by atoms with van der Waals surface area (Å²) in [5.74, 6) is 0.396. The van der Waals surface area contributed by atoms with E-state index in [1.54, 1.807) is 42.5 Å². The summed E-state index contributed by atoms with van der Waals surface area (Å²) < 4.78 is 15.5. The van der Waals surface area contributed by atoms with E-state index in [1.165, 1.54) is 13.3 Å². The quantitative estimate of drug-likeness (QED) is 0.523. The molecule has 3 rings (SSSR count). The number of fused-ring (bicyclic) bond motifs is 1. The Morgan fingerprint density at radius 2 is 1.72 bits per heavy atom. The third-order valence-electron chi connectivity index (χ3n) is 3.52. The van der Waals surface area contributed by atoms with E-state index in [-0.39, 0.29) is 5.91 Å². The highest BCUT2D eigenvalue weighted by Crippen LogP contribution is 2.30. The molecule has 2 aromatic rings. The van der Waals surface area contributed by atoms with Crippen LogP contribution in [0.4, 0.5) is 0 Å². The molecule has 0 aliphatic carbocycles. The molecule has 2 aromatic carbocycles. The molecule has 1 aliphatic rings. The van der Waals surface area contributed by atoms with E-state index in [2.05, 4.69) is 15.3 Å². The van der Waals surface area contributed by atoms with Crippen LogP contribution in [-0.4, -0.2) is 38.4 Å². The number of nitrogens with one attached hydrogen (secondary N) is 1. The molecule has 1 N–H and O–H groups in total. The Bertz CT molecular complexity index is 815. The van der Waals surface area contributed by atoms with Crippen molar-refractivity contribution in [1.29, 1.82) is 0 Å². The third-order valence-corrected chi connectivity index (χ3v) is 3.52. The van der Waals surface area contributed by atoms with Gasteiger partial charge in [0.25, 0.3) is 5.91 Å². The average Bonchev–Trinajstić information content (AvgIpc) is 2.67. The molecule has 7 nitrogen and oxygen atoms in total. The zero-order valence-electron chi connectivity index (χ0n) is 13.5. The first-order chi connectivity index (χ1) is 12.2. The number of carbonyl (C=O) groups excluding carboxylic acids is 2. The van der Waals surface area contributed by atoms with E-state index in [4.69, 9.17) is 9.47 Å². The van der Waals surface area contributed by atoms with Gasteiger partial charge in [-0.05, 0) is 35.9 Å². The second kappa shape index (κ2) is 7.48. The first-order valence-electron chi connectivity index (χ1n) is 7.59. The Hall–Kier alpha value is -3.35. The van der Waals surface area contributed by atoms with Gasteiger partial charge >= 0.3 is 5.97 Å². The number of benzene rings is 2. The van der Waals surface area contributed by atoms with E-state index in [9.17, 15) is 9.59 Å². The predicted octanol–water partition coefficient (Wildman–Crippen LogP) is 2.01. The van der Waals surface area contributed by atoms with Crippen molar-refractivity contribution in [2.24, 2.45) is 5.10 Å². The van der Waals surface area contributed by atoms with Crippen molar-refractivity contribution in [1.82, 2.24) is 5.43 Å². The number of hydrogen-bond acceptors (Lipinski definition) is 6. The molecule has 0 radical (unpaired) electrons. The number of rotatable bonds is 4. The van der Waals surface area contributed by atoms with Gasteiger partial charge in [0.1, 0.15) is 13.2 Å². The van der Waals surface area contributed by atoms with Crippen molar-refractivity contribution in [2.75, 3.05) is 20.3 Å². The van der Waals surface area contributed by atoms with Crippen molar-refractivity contribution in [3.05, 3.63) is 59.2 Å². The summed E-state index contributed by atoms with van der Waals surface area (Å²) in [6.45, 7) is 0.954. The van der Waals surface area contributed by atoms with Crippen LogP contribution >= 0.6 is 0 Å². The first kappa shape index (κ1) is 16.5. The Morgan fingerprint density at radius 1 is 1.04 bits per heavy atom. The number of hydrazone groups is 1. The minimum absolute atomic E-state index is 0.362. The molecular weight excluding hydrogens is 324 g/mol. The fourth-order valence-electron chi connectivity index (χ4n) is 2.24. The van der Waals surface area contributed by atoms with Crippen LogP contribution in [0.25, 0.3) is 0 Å². The molecule has 7 heteroatoms. The lowest BCUT2D eigenvalue weighted by Crippen LogP contribution is -2.19. The average molecular weight is 340 g/mol. The molecule has 25 heavy (non-hydrogen) atoms. The standard InChI is InChI=1S/C18H16N2O5/c1-23-18(22)13-4-2-12(3-5-13)11-19-20-17(21)14-6-7-15-16(10-14)25-9-8-24-15/h2-7,10-11H,8-9H2,1H3,(H,20,21). The van der Waals surface area contributed by atoms with Crippen LogP contribution in [0, 0.1) is 0 Å². The third kappa shape index (κ3) is 3.95. The SMILES string of the molecule is COC(=O)c1ccc(C=NNC(=O)c2ccc3c(c2)OCCO3)cc1. The highest BCUT2D eigenvalue weighted by Gasteiger charge is 2.14. The number of nitrogens with zero attached hydrogens (tertiary/aromatic N) is 1. The summed E-state index contributed by atoms with van der Waals surface area (Å²) in [6.07, 6.45) is 1.48. The lowest BCUT2D eigenvalue weighted by molar-refractivity contribution is 0.0600. The Labute approximate surface area is 144 Å². The summed E-state index contributed by atoms with van der Waals surface area (Å²) >= 11 is 0. The maximum Gasteiger partial charge on any atom is 0.337 e. The van der Waals surface area contributed by atoms with Crippen LogP contribution < -0.4 is 14.9 Å². The van der Waals surface area contributed by atoms with Gasteiger partial charge in [-0.25, -0.2) is 10.2 Å². The van der Waals surface area contributed by atoms with Crippen LogP contribution in [0.2, 0.25) is 0 Å². The van der Waals surface area contributed by atoms with Gasteiger partial charge in [0.15, 0.2) is 11.5 Å². The second-order valence-electron chi connectivity index (χ2n) is 5.17. The summed E-state index contributed by atoms with van der Waals surface area (Å²) in [4.78, 5) is 23.5. The summed E-state index contributed by atoms with van der Waals surface area (Å²) in [7, 11) is 1.32. The van der Waals surface area contributed by atoms with Crippen LogP contribution in [0.5, 0.6) is 11.5 Å². The van der Waals surface area contributed by atoms with Crippen molar-refractivity contribution in [3.8, 4) is 11.5 Å². The van der Waals surface area contributed by atoms with Crippen molar-refractivity contribution in [3.63, 3.8) is 0 Å². The van der Waals surface area contributed by atoms with Gasteiger partial charge in [-0.2, -0.15) is 5.10 Å². The van der Waals surface area contributed by atoms with Gasteiger partial charge in [-0.15, -0.1) is 0 Å². The zero-order valence-corrected chi connectivity index (χ0v) is 13.5. The lowest BCUT2D eigenvalue weighted by Gasteiger charge is -2.18. The topological polar surface area (TPSA) is 86.2 Å². The largest absolute Gasteiger partial charge is 0.486 e. The molecule has 0 saturated heterocycles. The van der Waals surface area contributed by atoms with E-state index in [0.29, 0.717) is 35.8 Å². The molecule has 0 saturated carbocycles. The van der Waals surface area contributed by atoms with Gasteiger partial charge < -0.3 is 14.2 Å². The predicted molar refractivity (Wildman–Crippen MR) is 90.3 cm³/mol. The molecule has 1 amide bonds. The molecule has 1 aliphatic heterocycles. The number of hydrogen-bond donors (Lipinski definition) is 1. The van der Waals surface area contributed by atoms with Gasteiger partial charge in [0, 0.05) is 5.56 Å². The smallest absolute Gasteiger partial charge is 0.337 e. The van der Waals surface area contributed by atoms with Crippen molar-refractivity contribution >= 4 is 18.1 Å². The van der Waals surface area contributed by atoms with Crippen LogP contribution in [0.1, 0.15) is 26.3 Å². The van der Waals surface area contributed by atoms with Gasteiger partial charge in [0.05, 0.1) is 18.9 Å². The minimum atomic E-state index is -0.407. The van der Waals surface area contributed by atoms with E-state index >= 15 is 0 Å². The molecule has 0 aromatic heterocycles. The highest BCUT2D eigenvalue weighted by molar-refractivity contribution is 5.95. The summed E-state index contributed by atoms with van der Waals surface area (Å²) in [5, 5.41) is 3.91. The molecular formula is C18H16N2O5. The summed E-state index contributed by atoms with van der Waals surface area (Å²) in [6, 6.07) is 11.6. The van der Waals surface area contributed by atoms with Crippen molar-refractivity contribution in [2.45, 2.75) is 0 Å². The maximum absolute atomic E-state index is 12.1. The monoisotopic (exact) mass is 340 g/mol. The van der Waals surface area contributed by atoms with E-state index in [1.807, 2.05) is 0 Å². The highest BCUT2D eigenvalue weighted by atomic mass is 16.6. The number of esters is 1. The Balaban J connectivity index is 1.62. The molecule has 0 spiro atoms. The van der Waals surface area contributed by atoms with Crippen LogP contribution in [0.15, 0.2) is 47.6 Å². The summed E-state index contributed by atoms with van der Waals surface area (Å²) in [5.41, 5.74) is 4.04. The van der Waals surface area contributed by atoms with Crippen LogP contribution in [0.3, 0.4) is 0 Å². The normalized spacial score (nSPS) is 12.7. The maximum atomic E-state index is 12.1. The molecule has 0 atom stereocenters. The van der Waals surface area contributed by atoms with Gasteiger partial charge in [-0.1, -0.05) is 12.1 Å². The molecule has 0 bridgehead atoms. The fraction of sp³-hybridized carbons (Fsp3) is 0.167. The first-order valence-corrected chi connectivity index (χ1v) is 7.59. The van der Waals surface area contributed by atoms with E-state index < -0.39 is 5.97 Å². The molecule has 1 heterocycles. The molecule has 128 valence electrons. The van der Waals surface area contributed by atoms with Gasteiger partial charge in [0.2, 0.25) is 0 Å². The Kier molecular flexibility index (Phi) is 4.94. The van der Waals surface area contributed by atoms with E-state index in [0.717, 1.165) is 5.56 Å². The number of ether oxygens (including phenoxy) is 3. The Morgan fingerprint density at radius 3 is 2.44 bits per heavy atom. The number of methoxy groups -OCH3 is 1. The van der Waals surface area contributed by atoms with Crippen LogP contribution in [-0.2, 0) is 4.74 Å². The lowest BCUT2D eigenvalue weighted by atomic mass is 10.1. The molecule has 0 unspecified atom stereocenters.